The number of nitrogens with zero attached hydrogens (tertiary/aromatic N) is 1. The van der Waals surface area contributed by atoms with Crippen molar-refractivity contribution in [3.63, 3.8) is 0 Å². The third-order valence-electron chi connectivity index (χ3n) is 4.72. The van der Waals surface area contributed by atoms with Crippen LogP contribution in [0.2, 0.25) is 0 Å². The normalized spacial score (nSPS) is 15.1. The SMILES string of the molecule is Cc1cc(CC(=O)Nc2ccccc2CN2CCCCC2)ccc1F. The standard InChI is InChI=1S/C21H25FN2O/c1-16-13-17(9-10-19(16)22)14-21(25)23-20-8-4-3-7-18(20)15-24-11-5-2-6-12-24/h3-4,7-10,13H,2,5-6,11-12,14-15H2,1H3,(H,23,25). The van der Waals surface area contributed by atoms with E-state index in [2.05, 4.69) is 16.3 Å². The van der Waals surface area contributed by atoms with Crippen molar-refractivity contribution in [2.24, 2.45) is 0 Å². The number of hydrogen-bond donors (Lipinski definition) is 1. The predicted octanol–water partition coefficient (Wildman–Crippen LogP) is 4.30. The average Bonchev–Trinajstić information content (AvgIpc) is 2.61. The van der Waals surface area contributed by atoms with Crippen molar-refractivity contribution in [1.29, 1.82) is 0 Å². The molecule has 0 atom stereocenters. The van der Waals surface area contributed by atoms with E-state index in [1.807, 2.05) is 18.2 Å². The van der Waals surface area contributed by atoms with E-state index in [0.29, 0.717) is 5.56 Å². The smallest absolute Gasteiger partial charge is 0.228 e. The largest absolute Gasteiger partial charge is 0.325 e. The van der Waals surface area contributed by atoms with Gasteiger partial charge in [0.2, 0.25) is 5.91 Å². The molecule has 1 N–H and O–H groups in total. The van der Waals surface area contributed by atoms with Crippen molar-refractivity contribution in [3.05, 3.63) is 65.0 Å². The number of aryl methyl sites for hydroxylation is 1. The van der Waals surface area contributed by atoms with E-state index < -0.39 is 0 Å². The molecule has 1 amide bonds. The highest BCUT2D eigenvalue weighted by Gasteiger charge is 2.14. The van der Waals surface area contributed by atoms with Crippen molar-refractivity contribution < 1.29 is 9.18 Å². The van der Waals surface area contributed by atoms with Gasteiger partial charge in [-0.25, -0.2) is 4.39 Å². The summed E-state index contributed by atoms with van der Waals surface area (Å²) in [6.07, 6.45) is 4.06. The molecule has 1 aliphatic rings. The third kappa shape index (κ3) is 4.89. The number of hydrogen-bond acceptors (Lipinski definition) is 2. The summed E-state index contributed by atoms with van der Waals surface area (Å²) in [5.41, 5.74) is 3.41. The van der Waals surface area contributed by atoms with Crippen LogP contribution in [0.3, 0.4) is 0 Å². The lowest BCUT2D eigenvalue weighted by Gasteiger charge is -2.27. The van der Waals surface area contributed by atoms with Crippen LogP contribution in [-0.4, -0.2) is 23.9 Å². The lowest BCUT2D eigenvalue weighted by molar-refractivity contribution is -0.115. The Bertz CT molecular complexity index is 738. The van der Waals surface area contributed by atoms with Crippen LogP contribution >= 0.6 is 0 Å². The Balaban J connectivity index is 1.65. The van der Waals surface area contributed by atoms with Gasteiger partial charge in [-0.2, -0.15) is 0 Å². The summed E-state index contributed by atoms with van der Waals surface area (Å²) in [7, 11) is 0. The quantitative estimate of drug-likeness (QED) is 0.880. The van der Waals surface area contributed by atoms with Crippen molar-refractivity contribution in [2.75, 3.05) is 18.4 Å². The van der Waals surface area contributed by atoms with Crippen molar-refractivity contribution in [3.8, 4) is 0 Å². The van der Waals surface area contributed by atoms with Gasteiger partial charge in [-0.3, -0.25) is 9.69 Å². The minimum Gasteiger partial charge on any atom is -0.325 e. The molecule has 3 rings (SSSR count). The van der Waals surface area contributed by atoms with E-state index in [9.17, 15) is 9.18 Å². The molecular formula is C21H25FN2O. The molecule has 0 saturated carbocycles. The van der Waals surface area contributed by atoms with Crippen LogP contribution in [0.4, 0.5) is 10.1 Å². The summed E-state index contributed by atoms with van der Waals surface area (Å²) in [6.45, 7) is 4.82. The number of nitrogens with one attached hydrogen (secondary N) is 1. The van der Waals surface area contributed by atoms with Gasteiger partial charge in [-0.05, 0) is 61.7 Å². The fourth-order valence-electron chi connectivity index (χ4n) is 3.34. The molecule has 1 heterocycles. The van der Waals surface area contributed by atoms with E-state index in [4.69, 9.17) is 0 Å². The first-order valence-corrected chi connectivity index (χ1v) is 8.97. The number of carbonyl (C=O) groups is 1. The van der Waals surface area contributed by atoms with E-state index in [-0.39, 0.29) is 18.1 Å². The summed E-state index contributed by atoms with van der Waals surface area (Å²) in [5, 5.41) is 3.02. The molecule has 132 valence electrons. The summed E-state index contributed by atoms with van der Waals surface area (Å²) in [5.74, 6) is -0.312. The summed E-state index contributed by atoms with van der Waals surface area (Å²) in [4.78, 5) is 14.8. The number of likely N-dealkylation sites (tertiary alicyclic amines) is 1. The first-order chi connectivity index (χ1) is 12.1. The average molecular weight is 340 g/mol. The number of amides is 1. The van der Waals surface area contributed by atoms with Gasteiger partial charge >= 0.3 is 0 Å². The highest BCUT2D eigenvalue weighted by molar-refractivity contribution is 5.93. The van der Waals surface area contributed by atoms with Crippen LogP contribution in [0.5, 0.6) is 0 Å². The van der Waals surface area contributed by atoms with Gasteiger partial charge in [0, 0.05) is 12.2 Å². The zero-order valence-corrected chi connectivity index (χ0v) is 14.7. The maximum Gasteiger partial charge on any atom is 0.228 e. The Morgan fingerprint density at radius 2 is 1.88 bits per heavy atom. The molecule has 0 unspecified atom stereocenters. The fourth-order valence-corrected chi connectivity index (χ4v) is 3.34. The molecule has 0 radical (unpaired) electrons. The molecule has 0 spiro atoms. The zero-order chi connectivity index (χ0) is 17.6. The highest BCUT2D eigenvalue weighted by atomic mass is 19.1. The fraction of sp³-hybridized carbons (Fsp3) is 0.381. The van der Waals surface area contributed by atoms with E-state index >= 15 is 0 Å². The minimum absolute atomic E-state index is 0.0721. The first-order valence-electron chi connectivity index (χ1n) is 8.97. The van der Waals surface area contributed by atoms with Gasteiger partial charge in [0.15, 0.2) is 0 Å². The molecule has 25 heavy (non-hydrogen) atoms. The number of benzene rings is 2. The monoisotopic (exact) mass is 340 g/mol. The molecule has 2 aromatic carbocycles. The van der Waals surface area contributed by atoms with E-state index in [0.717, 1.165) is 36.4 Å². The number of rotatable bonds is 5. The van der Waals surface area contributed by atoms with Crippen LogP contribution in [-0.2, 0) is 17.8 Å². The van der Waals surface area contributed by atoms with Gasteiger partial charge in [0.1, 0.15) is 5.82 Å². The second-order valence-corrected chi connectivity index (χ2v) is 6.80. The number of halogens is 1. The van der Waals surface area contributed by atoms with E-state index in [1.54, 1.807) is 19.1 Å². The third-order valence-corrected chi connectivity index (χ3v) is 4.72. The molecule has 0 aromatic heterocycles. The highest BCUT2D eigenvalue weighted by Crippen LogP contribution is 2.20. The summed E-state index contributed by atoms with van der Waals surface area (Å²) >= 11 is 0. The molecular weight excluding hydrogens is 315 g/mol. The summed E-state index contributed by atoms with van der Waals surface area (Å²) < 4.78 is 13.4. The minimum atomic E-state index is -0.240. The van der Waals surface area contributed by atoms with Crippen molar-refractivity contribution in [1.82, 2.24) is 4.90 Å². The van der Waals surface area contributed by atoms with Gasteiger partial charge in [-0.15, -0.1) is 0 Å². The molecule has 3 nitrogen and oxygen atoms in total. The number of anilines is 1. The van der Waals surface area contributed by atoms with E-state index in [1.165, 1.54) is 25.3 Å². The van der Waals surface area contributed by atoms with Crippen LogP contribution < -0.4 is 5.32 Å². The topological polar surface area (TPSA) is 32.3 Å². The number of carbonyl (C=O) groups excluding carboxylic acids is 1. The van der Waals surface area contributed by atoms with Crippen LogP contribution in [0, 0.1) is 12.7 Å². The van der Waals surface area contributed by atoms with Gasteiger partial charge < -0.3 is 5.32 Å². The molecule has 1 aliphatic heterocycles. The maximum atomic E-state index is 13.4. The number of para-hydroxylation sites is 1. The second kappa shape index (κ2) is 8.26. The van der Waals surface area contributed by atoms with Crippen LogP contribution in [0.25, 0.3) is 0 Å². The van der Waals surface area contributed by atoms with Crippen LogP contribution in [0.15, 0.2) is 42.5 Å². The van der Waals surface area contributed by atoms with Gasteiger partial charge in [-0.1, -0.05) is 36.8 Å². The lowest BCUT2D eigenvalue weighted by Crippen LogP contribution is -2.29. The Hall–Kier alpha value is -2.20. The Morgan fingerprint density at radius 3 is 2.64 bits per heavy atom. The second-order valence-electron chi connectivity index (χ2n) is 6.80. The van der Waals surface area contributed by atoms with Crippen molar-refractivity contribution >= 4 is 11.6 Å². The Labute approximate surface area is 148 Å². The maximum absolute atomic E-state index is 13.4. The molecule has 1 saturated heterocycles. The van der Waals surface area contributed by atoms with Gasteiger partial charge in [0.25, 0.3) is 0 Å². The molecule has 0 bridgehead atoms. The Kier molecular flexibility index (Phi) is 5.82. The Morgan fingerprint density at radius 1 is 1.12 bits per heavy atom. The molecule has 1 fully saturated rings. The van der Waals surface area contributed by atoms with Gasteiger partial charge in [0.05, 0.1) is 6.42 Å². The molecule has 4 heteroatoms. The molecule has 2 aromatic rings. The van der Waals surface area contributed by atoms with Crippen molar-refractivity contribution in [2.45, 2.75) is 39.2 Å². The predicted molar refractivity (Wildman–Crippen MR) is 99.0 cm³/mol. The summed E-state index contributed by atoms with van der Waals surface area (Å²) in [6, 6.07) is 12.8. The zero-order valence-electron chi connectivity index (χ0n) is 14.7. The lowest BCUT2D eigenvalue weighted by atomic mass is 10.1. The number of piperidine rings is 1. The van der Waals surface area contributed by atoms with Crippen LogP contribution in [0.1, 0.15) is 36.0 Å². The first kappa shape index (κ1) is 17.6. The molecule has 0 aliphatic carbocycles.